The van der Waals surface area contributed by atoms with Crippen molar-refractivity contribution >= 4 is 11.4 Å². The highest BCUT2D eigenvalue weighted by molar-refractivity contribution is 5.73. The van der Waals surface area contributed by atoms with Crippen LogP contribution in [0, 0.1) is 5.82 Å². The summed E-state index contributed by atoms with van der Waals surface area (Å²) in [4.78, 5) is 13.0. The van der Waals surface area contributed by atoms with Crippen LogP contribution in [0.3, 0.4) is 0 Å². The number of rotatable bonds is 3. The molecule has 0 bridgehead atoms. The van der Waals surface area contributed by atoms with Gasteiger partial charge in [-0.05, 0) is 37.1 Å². The number of hydrogen-bond acceptors (Lipinski definition) is 1. The molecule has 0 aliphatic rings. The van der Waals surface area contributed by atoms with E-state index in [0.717, 1.165) is 17.5 Å². The molecule has 0 spiro atoms. The number of nitrogens with zero attached hydrogens (tertiary/aromatic N) is 2. The number of halogens is 1. The molecule has 0 saturated heterocycles. The number of carbonyl (C=O) groups excluding carboxylic acids is 1. The fraction of sp³-hybridized carbons (Fsp3) is 0.357. The van der Waals surface area contributed by atoms with Gasteiger partial charge in [0.05, 0.1) is 5.52 Å². The maximum Gasteiger partial charge on any atom is 0.219 e. The van der Waals surface area contributed by atoms with Crippen molar-refractivity contribution in [3.63, 3.8) is 0 Å². The van der Waals surface area contributed by atoms with Gasteiger partial charge in [-0.15, -0.1) is 0 Å². The zero-order valence-corrected chi connectivity index (χ0v) is 10.9. The molecule has 0 radical (unpaired) electrons. The number of likely N-dealkylation sites (N-methyl/N-ethyl adjacent to an activating group) is 1. The molecule has 0 N–H and O–H groups in total. The Balaban J connectivity index is 2.26. The van der Waals surface area contributed by atoms with Crippen LogP contribution in [0.1, 0.15) is 19.4 Å². The summed E-state index contributed by atoms with van der Waals surface area (Å²) < 4.78 is 15.1. The van der Waals surface area contributed by atoms with Gasteiger partial charge in [-0.25, -0.2) is 4.39 Å². The van der Waals surface area contributed by atoms with Gasteiger partial charge in [-0.1, -0.05) is 0 Å². The van der Waals surface area contributed by atoms with Crippen LogP contribution in [0.5, 0.6) is 0 Å². The van der Waals surface area contributed by atoms with Crippen molar-refractivity contribution in [2.24, 2.45) is 0 Å². The Kier molecular flexibility index (Phi) is 3.36. The van der Waals surface area contributed by atoms with Gasteiger partial charge in [-0.2, -0.15) is 0 Å². The molecule has 2 aromatic heterocycles. The summed E-state index contributed by atoms with van der Waals surface area (Å²) in [6, 6.07) is 5.02. The number of fused-ring (bicyclic) bond motifs is 1. The number of hydrogen-bond donors (Lipinski definition) is 0. The van der Waals surface area contributed by atoms with E-state index in [9.17, 15) is 9.18 Å². The molecule has 0 aromatic carbocycles. The molecule has 2 heterocycles. The van der Waals surface area contributed by atoms with Crippen LogP contribution >= 0.6 is 0 Å². The number of pyridine rings is 1. The lowest BCUT2D eigenvalue weighted by Crippen LogP contribution is -2.34. The summed E-state index contributed by atoms with van der Waals surface area (Å²) >= 11 is 0. The molecule has 96 valence electrons. The SMILES string of the molecule is CC(=O)N(C)C(C)Cc1ccn2ccc(F)cc12. The predicted octanol–water partition coefficient (Wildman–Crippen LogP) is 2.49. The van der Waals surface area contributed by atoms with E-state index in [1.165, 1.54) is 12.1 Å². The molecule has 18 heavy (non-hydrogen) atoms. The van der Waals surface area contributed by atoms with Crippen LogP contribution in [-0.4, -0.2) is 28.3 Å². The van der Waals surface area contributed by atoms with E-state index in [0.29, 0.717) is 0 Å². The van der Waals surface area contributed by atoms with Gasteiger partial charge < -0.3 is 9.30 Å². The van der Waals surface area contributed by atoms with Crippen molar-refractivity contribution in [1.29, 1.82) is 0 Å². The Labute approximate surface area is 106 Å². The second-order valence-corrected chi connectivity index (χ2v) is 4.66. The first-order valence-corrected chi connectivity index (χ1v) is 5.97. The van der Waals surface area contributed by atoms with Crippen molar-refractivity contribution < 1.29 is 9.18 Å². The molecule has 0 aliphatic heterocycles. The van der Waals surface area contributed by atoms with Gasteiger partial charge in [0.2, 0.25) is 5.91 Å². The first-order valence-electron chi connectivity index (χ1n) is 5.97. The van der Waals surface area contributed by atoms with Gasteiger partial charge in [-0.3, -0.25) is 4.79 Å². The average molecular weight is 248 g/mol. The number of amides is 1. The molecule has 0 saturated carbocycles. The third-order valence-electron chi connectivity index (χ3n) is 3.39. The Morgan fingerprint density at radius 1 is 1.44 bits per heavy atom. The van der Waals surface area contributed by atoms with Gasteiger partial charge in [0.25, 0.3) is 0 Å². The molecule has 2 aromatic rings. The van der Waals surface area contributed by atoms with E-state index in [2.05, 4.69) is 0 Å². The highest BCUT2D eigenvalue weighted by Crippen LogP contribution is 2.17. The predicted molar refractivity (Wildman–Crippen MR) is 69.0 cm³/mol. The largest absolute Gasteiger partial charge is 0.343 e. The lowest BCUT2D eigenvalue weighted by atomic mass is 10.1. The quantitative estimate of drug-likeness (QED) is 0.819. The van der Waals surface area contributed by atoms with E-state index in [1.807, 2.05) is 23.6 Å². The first-order chi connectivity index (χ1) is 8.49. The van der Waals surface area contributed by atoms with Crippen LogP contribution in [0.2, 0.25) is 0 Å². The third kappa shape index (κ3) is 2.37. The Bertz CT molecular complexity index is 576. The van der Waals surface area contributed by atoms with Crippen molar-refractivity contribution in [2.75, 3.05) is 7.05 Å². The van der Waals surface area contributed by atoms with E-state index in [-0.39, 0.29) is 17.8 Å². The molecule has 0 aliphatic carbocycles. The van der Waals surface area contributed by atoms with Crippen LogP contribution in [0.4, 0.5) is 4.39 Å². The average Bonchev–Trinajstić information content (AvgIpc) is 2.70. The summed E-state index contributed by atoms with van der Waals surface area (Å²) in [6.45, 7) is 3.54. The van der Waals surface area contributed by atoms with Crippen LogP contribution in [0.15, 0.2) is 30.6 Å². The van der Waals surface area contributed by atoms with E-state index in [1.54, 1.807) is 25.1 Å². The molecule has 2 rings (SSSR count). The molecule has 0 fully saturated rings. The lowest BCUT2D eigenvalue weighted by molar-refractivity contribution is -0.129. The van der Waals surface area contributed by atoms with E-state index in [4.69, 9.17) is 0 Å². The van der Waals surface area contributed by atoms with Crippen molar-refractivity contribution in [2.45, 2.75) is 26.3 Å². The van der Waals surface area contributed by atoms with Crippen LogP contribution in [-0.2, 0) is 11.2 Å². The maximum atomic E-state index is 13.2. The minimum absolute atomic E-state index is 0.0391. The Morgan fingerprint density at radius 3 is 2.78 bits per heavy atom. The molecule has 1 amide bonds. The highest BCUT2D eigenvalue weighted by atomic mass is 19.1. The maximum absolute atomic E-state index is 13.2. The second-order valence-electron chi connectivity index (χ2n) is 4.66. The highest BCUT2D eigenvalue weighted by Gasteiger charge is 2.14. The standard InChI is InChI=1S/C14H17FN2O/c1-10(16(3)11(2)18)8-12-4-6-17-7-5-13(15)9-14(12)17/h4-7,9-10H,8H2,1-3H3. The fourth-order valence-electron chi connectivity index (χ4n) is 2.07. The van der Waals surface area contributed by atoms with Gasteiger partial charge >= 0.3 is 0 Å². The molecule has 1 atom stereocenters. The summed E-state index contributed by atoms with van der Waals surface area (Å²) in [5.41, 5.74) is 1.91. The number of carbonyl (C=O) groups is 1. The second kappa shape index (κ2) is 4.80. The topological polar surface area (TPSA) is 24.7 Å². The van der Waals surface area contributed by atoms with Gasteiger partial charge in [0, 0.05) is 32.4 Å². The minimum Gasteiger partial charge on any atom is -0.343 e. The minimum atomic E-state index is -0.241. The van der Waals surface area contributed by atoms with E-state index >= 15 is 0 Å². The normalized spacial score (nSPS) is 12.7. The zero-order chi connectivity index (χ0) is 13.3. The van der Waals surface area contributed by atoms with Crippen molar-refractivity contribution in [1.82, 2.24) is 9.30 Å². The fourth-order valence-corrected chi connectivity index (χ4v) is 2.07. The third-order valence-corrected chi connectivity index (χ3v) is 3.39. The molecule has 1 unspecified atom stereocenters. The van der Waals surface area contributed by atoms with E-state index < -0.39 is 0 Å². The first kappa shape index (κ1) is 12.6. The van der Waals surface area contributed by atoms with Gasteiger partial charge in [0.1, 0.15) is 5.82 Å². The summed E-state index contributed by atoms with van der Waals surface area (Å²) in [5.74, 6) is -0.202. The lowest BCUT2D eigenvalue weighted by Gasteiger charge is -2.23. The Hall–Kier alpha value is -1.84. The summed E-state index contributed by atoms with van der Waals surface area (Å²) in [7, 11) is 1.78. The molecular formula is C14H17FN2O. The van der Waals surface area contributed by atoms with Crippen LogP contribution in [0.25, 0.3) is 5.52 Å². The van der Waals surface area contributed by atoms with Crippen LogP contribution < -0.4 is 0 Å². The van der Waals surface area contributed by atoms with Crippen molar-refractivity contribution in [3.05, 3.63) is 42.0 Å². The molecule has 4 heteroatoms. The zero-order valence-electron chi connectivity index (χ0n) is 10.9. The summed E-state index contributed by atoms with van der Waals surface area (Å²) in [5, 5.41) is 0. The molecular weight excluding hydrogens is 231 g/mol. The Morgan fingerprint density at radius 2 is 2.11 bits per heavy atom. The molecule has 3 nitrogen and oxygen atoms in total. The summed E-state index contributed by atoms with van der Waals surface area (Å²) in [6.07, 6.45) is 4.33. The van der Waals surface area contributed by atoms with Crippen molar-refractivity contribution in [3.8, 4) is 0 Å². The smallest absolute Gasteiger partial charge is 0.219 e. The van der Waals surface area contributed by atoms with Gasteiger partial charge in [0.15, 0.2) is 0 Å². The number of aromatic nitrogens is 1. The monoisotopic (exact) mass is 248 g/mol.